The van der Waals surface area contributed by atoms with Crippen molar-refractivity contribution in [1.82, 2.24) is 0 Å². The topological polar surface area (TPSA) is 68.2 Å². The van der Waals surface area contributed by atoms with E-state index in [1.807, 2.05) is 12.1 Å². The maximum absolute atomic E-state index is 12.3. The van der Waals surface area contributed by atoms with E-state index < -0.39 is 5.97 Å². The van der Waals surface area contributed by atoms with E-state index in [2.05, 4.69) is 12.1 Å². The second-order valence-electron chi connectivity index (χ2n) is 5.93. The van der Waals surface area contributed by atoms with Gasteiger partial charge >= 0.3 is 5.97 Å². The first-order valence-electron chi connectivity index (χ1n) is 8.51. The van der Waals surface area contributed by atoms with Gasteiger partial charge in [-0.1, -0.05) is 36.7 Å². The lowest BCUT2D eigenvalue weighted by atomic mass is 10.1. The number of anilines is 1. The monoisotopic (exact) mass is 352 g/mol. The number of para-hydroxylation sites is 1. The fourth-order valence-electron chi connectivity index (χ4n) is 2.60. The van der Waals surface area contributed by atoms with Crippen LogP contribution in [0.15, 0.2) is 53.7 Å². The maximum Gasteiger partial charge on any atom is 0.365 e. The van der Waals surface area contributed by atoms with Gasteiger partial charge in [-0.05, 0) is 36.8 Å². The molecule has 0 radical (unpaired) electrons. The van der Waals surface area contributed by atoms with Crippen molar-refractivity contribution >= 4 is 23.3 Å². The van der Waals surface area contributed by atoms with Gasteiger partial charge in [0.25, 0.3) is 5.91 Å². The summed E-state index contributed by atoms with van der Waals surface area (Å²) in [6.45, 7) is 2.73. The Hall–Kier alpha value is -3.15. The summed E-state index contributed by atoms with van der Waals surface area (Å²) in [4.78, 5) is 30.9. The summed E-state index contributed by atoms with van der Waals surface area (Å²) >= 11 is 0. The number of hydrogen-bond acceptors (Lipinski definition) is 5. The van der Waals surface area contributed by atoms with E-state index in [4.69, 9.17) is 9.57 Å². The molecule has 0 aliphatic carbocycles. The van der Waals surface area contributed by atoms with Crippen molar-refractivity contribution in [2.45, 2.75) is 19.8 Å². The van der Waals surface area contributed by atoms with Crippen LogP contribution in [-0.4, -0.2) is 31.2 Å². The smallest absolute Gasteiger partial charge is 0.365 e. The van der Waals surface area contributed by atoms with Crippen LogP contribution in [0.25, 0.3) is 0 Å². The number of rotatable bonds is 6. The number of ether oxygens (including phenoxy) is 1. The van der Waals surface area contributed by atoms with Gasteiger partial charge in [0.15, 0.2) is 5.71 Å². The first-order chi connectivity index (χ1) is 12.6. The van der Waals surface area contributed by atoms with Crippen LogP contribution in [0.3, 0.4) is 0 Å². The van der Waals surface area contributed by atoms with E-state index in [0.717, 1.165) is 18.5 Å². The summed E-state index contributed by atoms with van der Waals surface area (Å²) in [5, 5.41) is 3.80. The second-order valence-corrected chi connectivity index (χ2v) is 5.93. The molecule has 1 heterocycles. The zero-order valence-corrected chi connectivity index (χ0v) is 14.8. The Labute approximate surface area is 152 Å². The molecule has 1 amide bonds. The molecule has 0 N–H and O–H groups in total. The Morgan fingerprint density at radius 1 is 1.12 bits per heavy atom. The van der Waals surface area contributed by atoms with Gasteiger partial charge in [-0.25, -0.2) is 4.79 Å². The molecule has 26 heavy (non-hydrogen) atoms. The third-order valence-corrected chi connectivity index (χ3v) is 4.10. The normalized spacial score (nSPS) is 14.5. The predicted octanol–water partition coefficient (Wildman–Crippen LogP) is 3.40. The minimum absolute atomic E-state index is 0.121. The van der Waals surface area contributed by atoms with Crippen LogP contribution in [0.4, 0.5) is 5.69 Å². The summed E-state index contributed by atoms with van der Waals surface area (Å²) in [5.41, 5.74) is 1.84. The SMILES string of the molecule is CCCCOc1ccc(C(=O)O/N=C2\C(=O)N(C)c3ccccc32)cc1. The van der Waals surface area contributed by atoms with E-state index >= 15 is 0 Å². The number of hydrogen-bond donors (Lipinski definition) is 0. The zero-order valence-electron chi connectivity index (χ0n) is 14.8. The fraction of sp³-hybridized carbons (Fsp3) is 0.250. The lowest BCUT2D eigenvalue weighted by Crippen LogP contribution is -2.25. The average Bonchev–Trinajstić information content (AvgIpc) is 2.91. The van der Waals surface area contributed by atoms with E-state index in [1.165, 1.54) is 4.90 Å². The van der Waals surface area contributed by atoms with Gasteiger partial charge in [0.05, 0.1) is 17.9 Å². The molecule has 0 atom stereocenters. The highest BCUT2D eigenvalue weighted by molar-refractivity contribution is 6.54. The lowest BCUT2D eigenvalue weighted by Gasteiger charge is -2.07. The molecule has 0 spiro atoms. The highest BCUT2D eigenvalue weighted by Gasteiger charge is 2.32. The van der Waals surface area contributed by atoms with E-state index in [-0.39, 0.29) is 11.6 Å². The van der Waals surface area contributed by atoms with Crippen LogP contribution in [-0.2, 0) is 9.63 Å². The molecule has 0 saturated heterocycles. The quantitative estimate of drug-likeness (QED) is 0.454. The summed E-state index contributed by atoms with van der Waals surface area (Å²) in [7, 11) is 1.66. The van der Waals surface area contributed by atoms with Gasteiger partial charge in [-0.2, -0.15) is 0 Å². The molecule has 1 aliphatic rings. The summed E-state index contributed by atoms with van der Waals surface area (Å²) in [6, 6.07) is 13.9. The Morgan fingerprint density at radius 3 is 2.58 bits per heavy atom. The van der Waals surface area contributed by atoms with Crippen LogP contribution in [0.5, 0.6) is 5.75 Å². The minimum Gasteiger partial charge on any atom is -0.494 e. The number of benzene rings is 2. The van der Waals surface area contributed by atoms with Crippen LogP contribution in [0.1, 0.15) is 35.7 Å². The van der Waals surface area contributed by atoms with Gasteiger partial charge in [0.2, 0.25) is 0 Å². The number of nitrogens with zero attached hydrogens (tertiary/aromatic N) is 2. The van der Waals surface area contributed by atoms with E-state index in [9.17, 15) is 9.59 Å². The third-order valence-electron chi connectivity index (χ3n) is 4.10. The number of oxime groups is 1. The summed E-state index contributed by atoms with van der Waals surface area (Å²) in [6.07, 6.45) is 2.03. The number of fused-ring (bicyclic) bond motifs is 1. The van der Waals surface area contributed by atoms with E-state index in [0.29, 0.717) is 23.5 Å². The average molecular weight is 352 g/mol. The molecular formula is C20H20N2O4. The van der Waals surface area contributed by atoms with Crippen molar-refractivity contribution in [1.29, 1.82) is 0 Å². The van der Waals surface area contributed by atoms with Crippen molar-refractivity contribution < 1.29 is 19.2 Å². The molecule has 0 aromatic heterocycles. The molecule has 0 bridgehead atoms. The van der Waals surface area contributed by atoms with Crippen molar-refractivity contribution in [2.75, 3.05) is 18.6 Å². The van der Waals surface area contributed by atoms with Gasteiger partial charge in [0.1, 0.15) is 5.75 Å². The highest BCUT2D eigenvalue weighted by atomic mass is 16.7. The molecule has 2 aromatic rings. The predicted molar refractivity (Wildman–Crippen MR) is 98.6 cm³/mol. The summed E-state index contributed by atoms with van der Waals surface area (Å²) in [5.74, 6) is -0.237. The highest BCUT2D eigenvalue weighted by Crippen LogP contribution is 2.27. The standard InChI is InChI=1S/C20H20N2O4/c1-3-4-13-25-15-11-9-14(10-12-15)20(24)26-21-18-16-7-5-6-8-17(16)22(2)19(18)23/h5-12H,3-4,13H2,1-2H3/b21-18-. The van der Waals surface area contributed by atoms with Crippen LogP contribution in [0.2, 0.25) is 0 Å². The molecule has 134 valence electrons. The van der Waals surface area contributed by atoms with Crippen molar-refractivity contribution in [3.05, 3.63) is 59.7 Å². The van der Waals surface area contributed by atoms with Crippen LogP contribution in [0, 0.1) is 0 Å². The zero-order chi connectivity index (χ0) is 18.5. The Kier molecular flexibility index (Phi) is 5.31. The lowest BCUT2D eigenvalue weighted by molar-refractivity contribution is -0.112. The van der Waals surface area contributed by atoms with Crippen LogP contribution < -0.4 is 9.64 Å². The van der Waals surface area contributed by atoms with Gasteiger partial charge < -0.3 is 14.5 Å². The fourth-order valence-corrected chi connectivity index (χ4v) is 2.60. The Morgan fingerprint density at radius 2 is 1.85 bits per heavy atom. The Balaban J connectivity index is 1.69. The number of amides is 1. The van der Waals surface area contributed by atoms with Crippen molar-refractivity contribution in [3.8, 4) is 5.75 Å². The van der Waals surface area contributed by atoms with Gasteiger partial charge in [-0.15, -0.1) is 0 Å². The molecule has 0 saturated carbocycles. The third kappa shape index (κ3) is 3.59. The van der Waals surface area contributed by atoms with Crippen LogP contribution >= 0.6 is 0 Å². The minimum atomic E-state index is -0.627. The molecule has 1 aliphatic heterocycles. The summed E-state index contributed by atoms with van der Waals surface area (Å²) < 4.78 is 5.56. The largest absolute Gasteiger partial charge is 0.494 e. The number of likely N-dealkylation sites (N-methyl/N-ethyl adjacent to an activating group) is 1. The Bertz CT molecular complexity index is 843. The molecule has 2 aromatic carbocycles. The molecule has 3 rings (SSSR count). The van der Waals surface area contributed by atoms with Crippen molar-refractivity contribution in [3.63, 3.8) is 0 Å². The maximum atomic E-state index is 12.3. The molecular weight excluding hydrogens is 332 g/mol. The molecule has 0 fully saturated rings. The van der Waals surface area contributed by atoms with Gasteiger partial charge in [0, 0.05) is 12.6 Å². The number of unbranched alkanes of at least 4 members (excludes halogenated alkanes) is 1. The van der Waals surface area contributed by atoms with Gasteiger partial charge in [-0.3, -0.25) is 4.79 Å². The first kappa shape index (κ1) is 17.7. The molecule has 6 nitrogen and oxygen atoms in total. The first-order valence-corrected chi connectivity index (χ1v) is 8.51. The number of carbonyl (C=O) groups excluding carboxylic acids is 2. The number of carbonyl (C=O) groups is 2. The second kappa shape index (κ2) is 7.82. The molecule has 6 heteroatoms. The van der Waals surface area contributed by atoms with Crippen molar-refractivity contribution in [2.24, 2.45) is 5.16 Å². The molecule has 0 unspecified atom stereocenters. The van der Waals surface area contributed by atoms with E-state index in [1.54, 1.807) is 43.4 Å².